The molecule has 0 spiro atoms. The lowest BCUT2D eigenvalue weighted by molar-refractivity contribution is 0.102. The molecule has 0 aliphatic rings. The topological polar surface area (TPSA) is 98.7 Å². The van der Waals surface area contributed by atoms with Gasteiger partial charge in [0, 0.05) is 23.9 Å². The molecule has 152 valence electrons. The van der Waals surface area contributed by atoms with Gasteiger partial charge in [-0.25, -0.2) is 9.67 Å². The number of aromatic nitrogens is 5. The molecule has 8 heteroatoms. The number of hydrogen-bond acceptors (Lipinski definition) is 6. The third-order valence-corrected chi connectivity index (χ3v) is 4.72. The van der Waals surface area contributed by atoms with Crippen molar-refractivity contribution in [2.75, 3.05) is 5.32 Å². The minimum Gasteiger partial charge on any atom is -0.334 e. The van der Waals surface area contributed by atoms with Crippen LogP contribution in [0.2, 0.25) is 0 Å². The Hall–Kier alpha value is -3.81. The highest BCUT2D eigenvalue weighted by Crippen LogP contribution is 2.21. The van der Waals surface area contributed by atoms with Gasteiger partial charge < -0.3 is 9.84 Å². The van der Waals surface area contributed by atoms with Crippen molar-refractivity contribution in [1.29, 1.82) is 0 Å². The Morgan fingerprint density at radius 3 is 2.73 bits per heavy atom. The number of carbonyl (C=O) groups is 1. The zero-order valence-corrected chi connectivity index (χ0v) is 17.1. The first-order valence-corrected chi connectivity index (χ1v) is 9.77. The third-order valence-electron chi connectivity index (χ3n) is 4.72. The van der Waals surface area contributed by atoms with Crippen LogP contribution < -0.4 is 5.32 Å². The molecule has 0 atom stereocenters. The molecule has 0 aliphatic heterocycles. The van der Waals surface area contributed by atoms with E-state index in [0.29, 0.717) is 28.8 Å². The number of aryl methyl sites for hydroxylation is 2. The van der Waals surface area contributed by atoms with Crippen LogP contribution in [0, 0.1) is 13.8 Å². The number of benzene rings is 1. The maximum Gasteiger partial charge on any atom is 0.259 e. The van der Waals surface area contributed by atoms with Crippen molar-refractivity contribution in [3.05, 3.63) is 71.4 Å². The average Bonchev–Trinajstić information content (AvgIpc) is 3.37. The summed E-state index contributed by atoms with van der Waals surface area (Å²) in [6.07, 6.45) is 4.90. The van der Waals surface area contributed by atoms with Crippen molar-refractivity contribution < 1.29 is 9.32 Å². The highest BCUT2D eigenvalue weighted by Gasteiger charge is 2.17. The first kappa shape index (κ1) is 19.5. The van der Waals surface area contributed by atoms with Crippen molar-refractivity contribution in [3.8, 4) is 17.3 Å². The number of nitrogens with zero attached hydrogens (tertiary/aromatic N) is 5. The molecule has 0 aliphatic carbocycles. The van der Waals surface area contributed by atoms with Crippen LogP contribution in [0.3, 0.4) is 0 Å². The van der Waals surface area contributed by atoms with Gasteiger partial charge in [-0.1, -0.05) is 29.8 Å². The van der Waals surface area contributed by atoms with Gasteiger partial charge >= 0.3 is 0 Å². The molecule has 1 amide bonds. The fourth-order valence-corrected chi connectivity index (χ4v) is 3.06. The van der Waals surface area contributed by atoms with Crippen LogP contribution in [0.25, 0.3) is 17.3 Å². The molecule has 3 heterocycles. The summed E-state index contributed by atoms with van der Waals surface area (Å²) in [5.74, 6) is 1.45. The quantitative estimate of drug-likeness (QED) is 0.520. The van der Waals surface area contributed by atoms with Crippen LogP contribution in [0.5, 0.6) is 0 Å². The fourth-order valence-electron chi connectivity index (χ4n) is 3.06. The van der Waals surface area contributed by atoms with Crippen LogP contribution in [-0.2, 0) is 6.42 Å². The summed E-state index contributed by atoms with van der Waals surface area (Å²) in [5, 5.41) is 11.2. The van der Waals surface area contributed by atoms with E-state index in [1.807, 2.05) is 44.2 Å². The average molecular weight is 402 g/mol. The van der Waals surface area contributed by atoms with Crippen LogP contribution in [-0.4, -0.2) is 30.8 Å². The van der Waals surface area contributed by atoms with E-state index in [1.165, 1.54) is 0 Å². The predicted octanol–water partition coefficient (Wildman–Crippen LogP) is 4.14. The van der Waals surface area contributed by atoms with E-state index in [4.69, 9.17) is 4.52 Å². The maximum atomic E-state index is 12.7. The van der Waals surface area contributed by atoms with Crippen molar-refractivity contribution >= 4 is 11.6 Å². The second-order valence-electron chi connectivity index (χ2n) is 7.04. The van der Waals surface area contributed by atoms with Gasteiger partial charge in [0.05, 0.1) is 17.5 Å². The van der Waals surface area contributed by atoms with Crippen LogP contribution >= 0.6 is 0 Å². The van der Waals surface area contributed by atoms with Crippen LogP contribution in [0.4, 0.5) is 5.69 Å². The van der Waals surface area contributed by atoms with Gasteiger partial charge in [-0.3, -0.25) is 4.79 Å². The van der Waals surface area contributed by atoms with E-state index in [0.717, 1.165) is 29.7 Å². The summed E-state index contributed by atoms with van der Waals surface area (Å²) in [6, 6.07) is 11.3. The molecule has 1 aromatic carbocycles. The van der Waals surface area contributed by atoms with Gasteiger partial charge in [0.25, 0.3) is 11.8 Å². The molecule has 8 nitrogen and oxygen atoms in total. The van der Waals surface area contributed by atoms with Crippen molar-refractivity contribution in [2.45, 2.75) is 33.6 Å². The van der Waals surface area contributed by atoms with E-state index in [1.54, 1.807) is 23.1 Å². The maximum absolute atomic E-state index is 12.7. The molecule has 0 fully saturated rings. The minimum atomic E-state index is -0.222. The molecule has 0 unspecified atom stereocenters. The Morgan fingerprint density at radius 2 is 1.97 bits per heavy atom. The van der Waals surface area contributed by atoms with Crippen molar-refractivity contribution in [3.63, 3.8) is 0 Å². The van der Waals surface area contributed by atoms with Gasteiger partial charge in [-0.05, 0) is 44.5 Å². The van der Waals surface area contributed by atoms with E-state index in [2.05, 4.69) is 32.5 Å². The molecule has 30 heavy (non-hydrogen) atoms. The summed E-state index contributed by atoms with van der Waals surface area (Å²) in [5.41, 5.74) is 3.77. The van der Waals surface area contributed by atoms with Gasteiger partial charge in [-0.2, -0.15) is 10.1 Å². The van der Waals surface area contributed by atoms with Crippen molar-refractivity contribution in [1.82, 2.24) is 24.9 Å². The lowest BCUT2D eigenvalue weighted by Gasteiger charge is -2.07. The van der Waals surface area contributed by atoms with Gasteiger partial charge in [0.15, 0.2) is 11.6 Å². The molecule has 0 bridgehead atoms. The molecular weight excluding hydrogens is 380 g/mol. The predicted molar refractivity (Wildman–Crippen MR) is 113 cm³/mol. The Kier molecular flexibility index (Phi) is 5.38. The number of amides is 1. The molecular formula is C22H22N6O2. The second kappa shape index (κ2) is 8.28. The fraction of sp³-hybridized carbons (Fsp3) is 0.227. The number of pyridine rings is 1. The summed E-state index contributed by atoms with van der Waals surface area (Å²) < 4.78 is 6.98. The number of nitrogens with one attached hydrogen (secondary N) is 1. The van der Waals surface area contributed by atoms with Crippen LogP contribution in [0.15, 0.2) is 53.3 Å². The van der Waals surface area contributed by atoms with E-state index >= 15 is 0 Å². The standard InChI is InChI=1S/C22H22N6O2/c1-4-5-19-26-22(30-27-19)16-10-11-23-20(12-16)28-15(3)18(13-24-28)21(29)25-17-8-6-14(2)7-9-17/h6-13H,4-5H2,1-3H3,(H,25,29). The van der Waals surface area contributed by atoms with Gasteiger partial charge in [-0.15, -0.1) is 0 Å². The molecule has 4 aromatic rings. The van der Waals surface area contributed by atoms with Gasteiger partial charge in [0.2, 0.25) is 0 Å². The Balaban J connectivity index is 1.58. The van der Waals surface area contributed by atoms with Gasteiger partial charge in [0.1, 0.15) is 0 Å². The lowest BCUT2D eigenvalue weighted by atomic mass is 10.2. The third kappa shape index (κ3) is 3.98. The molecule has 1 N–H and O–H groups in total. The Bertz CT molecular complexity index is 1180. The molecule has 0 saturated heterocycles. The zero-order valence-electron chi connectivity index (χ0n) is 17.1. The van der Waals surface area contributed by atoms with E-state index in [9.17, 15) is 4.79 Å². The zero-order chi connectivity index (χ0) is 21.1. The highest BCUT2D eigenvalue weighted by atomic mass is 16.5. The number of carbonyl (C=O) groups excluding carboxylic acids is 1. The first-order chi connectivity index (χ1) is 14.5. The number of anilines is 1. The first-order valence-electron chi connectivity index (χ1n) is 9.77. The number of rotatable bonds is 6. The summed E-state index contributed by atoms with van der Waals surface area (Å²) in [7, 11) is 0. The SMILES string of the molecule is CCCc1noc(-c2ccnc(-n3ncc(C(=O)Nc4ccc(C)cc4)c3C)c2)n1. The smallest absolute Gasteiger partial charge is 0.259 e. The Labute approximate surface area is 174 Å². The molecule has 4 rings (SSSR count). The normalized spacial score (nSPS) is 10.9. The highest BCUT2D eigenvalue weighted by molar-refractivity contribution is 6.04. The van der Waals surface area contributed by atoms with Crippen molar-refractivity contribution in [2.24, 2.45) is 0 Å². The van der Waals surface area contributed by atoms with E-state index < -0.39 is 0 Å². The summed E-state index contributed by atoms with van der Waals surface area (Å²) >= 11 is 0. The monoisotopic (exact) mass is 402 g/mol. The molecule has 0 saturated carbocycles. The Morgan fingerprint density at radius 1 is 1.17 bits per heavy atom. The molecule has 3 aromatic heterocycles. The second-order valence-corrected chi connectivity index (χ2v) is 7.04. The summed E-state index contributed by atoms with van der Waals surface area (Å²) in [6.45, 7) is 5.89. The van der Waals surface area contributed by atoms with Crippen LogP contribution in [0.1, 0.15) is 40.8 Å². The van der Waals surface area contributed by atoms with E-state index in [-0.39, 0.29) is 5.91 Å². The summed E-state index contributed by atoms with van der Waals surface area (Å²) in [4.78, 5) is 21.5. The lowest BCUT2D eigenvalue weighted by Crippen LogP contribution is -2.13. The number of hydrogen-bond donors (Lipinski definition) is 1. The minimum absolute atomic E-state index is 0.222. The largest absolute Gasteiger partial charge is 0.334 e. The molecule has 0 radical (unpaired) electrons.